The molecular weight excluding hydrogens is 220 g/mol. The summed E-state index contributed by atoms with van der Waals surface area (Å²) in [5.41, 5.74) is 6.45. The van der Waals surface area contributed by atoms with Gasteiger partial charge in [0.25, 0.3) is 0 Å². The van der Waals surface area contributed by atoms with Crippen LogP contribution >= 0.6 is 0 Å². The van der Waals surface area contributed by atoms with E-state index >= 15 is 0 Å². The topological polar surface area (TPSA) is 29.3 Å². The van der Waals surface area contributed by atoms with E-state index in [1.54, 1.807) is 0 Å². The molecule has 2 fully saturated rings. The molecule has 0 spiro atoms. The number of hydrogen-bond donors (Lipinski definition) is 1. The third-order valence-electron chi connectivity index (χ3n) is 5.50. The normalized spacial score (nSPS) is 46.3. The smallest absolute Gasteiger partial charge is 0.0272 e. The van der Waals surface area contributed by atoms with Crippen molar-refractivity contribution in [3.8, 4) is 0 Å². The van der Waals surface area contributed by atoms with E-state index in [1.807, 2.05) is 0 Å². The lowest BCUT2D eigenvalue weighted by Gasteiger charge is -2.47. The minimum atomic E-state index is 0.382. The van der Waals surface area contributed by atoms with Gasteiger partial charge < -0.3 is 5.73 Å². The van der Waals surface area contributed by atoms with E-state index in [2.05, 4.69) is 32.7 Å². The molecule has 2 saturated carbocycles. The molecule has 2 N–H and O–H groups in total. The molecule has 0 heterocycles. The van der Waals surface area contributed by atoms with Crippen molar-refractivity contribution in [2.24, 2.45) is 23.5 Å². The third kappa shape index (κ3) is 3.08. The molecule has 2 heteroatoms. The lowest BCUT2D eigenvalue weighted by molar-refractivity contribution is 0.0442. The quantitative estimate of drug-likeness (QED) is 0.817. The molecular formula is C16H32N2. The van der Waals surface area contributed by atoms with Crippen LogP contribution < -0.4 is 5.73 Å². The van der Waals surface area contributed by atoms with Crippen LogP contribution in [0.25, 0.3) is 0 Å². The summed E-state index contributed by atoms with van der Waals surface area (Å²) in [4.78, 5) is 2.65. The van der Waals surface area contributed by atoms with Crippen molar-refractivity contribution in [3.63, 3.8) is 0 Å². The maximum absolute atomic E-state index is 6.45. The molecule has 106 valence electrons. The van der Waals surface area contributed by atoms with E-state index in [4.69, 9.17) is 5.73 Å². The lowest BCUT2D eigenvalue weighted by Crippen LogP contribution is -2.56. The van der Waals surface area contributed by atoms with Gasteiger partial charge in [-0.2, -0.15) is 0 Å². The summed E-state index contributed by atoms with van der Waals surface area (Å²) >= 11 is 0. The Morgan fingerprint density at radius 3 is 2.06 bits per heavy atom. The van der Waals surface area contributed by atoms with Gasteiger partial charge >= 0.3 is 0 Å². The molecule has 0 bridgehead atoms. The van der Waals surface area contributed by atoms with E-state index in [1.165, 1.54) is 38.5 Å². The predicted molar refractivity (Wildman–Crippen MR) is 78.5 cm³/mol. The Bertz CT molecular complexity index is 246. The molecule has 0 aromatic heterocycles. The van der Waals surface area contributed by atoms with Gasteiger partial charge in [0.1, 0.15) is 0 Å². The maximum Gasteiger partial charge on any atom is 0.0272 e. The van der Waals surface area contributed by atoms with E-state index < -0.39 is 0 Å². The minimum absolute atomic E-state index is 0.382. The SMILES string of the molecule is CC1CCC(N(C)C2C(C)CC(C)CC2N)CC1. The second-order valence-electron chi connectivity index (χ2n) is 7.29. The van der Waals surface area contributed by atoms with Gasteiger partial charge in [-0.3, -0.25) is 4.90 Å². The summed E-state index contributed by atoms with van der Waals surface area (Å²) in [6.07, 6.45) is 8.13. The maximum atomic E-state index is 6.45. The van der Waals surface area contributed by atoms with Crippen LogP contribution in [0, 0.1) is 17.8 Å². The molecule has 0 amide bonds. The van der Waals surface area contributed by atoms with Crippen LogP contribution in [0.1, 0.15) is 59.3 Å². The van der Waals surface area contributed by atoms with E-state index in [0.717, 1.165) is 23.8 Å². The highest BCUT2D eigenvalue weighted by atomic mass is 15.2. The Balaban J connectivity index is 1.96. The lowest BCUT2D eigenvalue weighted by atomic mass is 9.75. The first-order valence-corrected chi connectivity index (χ1v) is 7.96. The standard InChI is InChI=1S/C16H32N2/c1-11-5-7-14(8-6-11)18(4)16-13(3)9-12(2)10-15(16)17/h11-16H,5-10,17H2,1-4H3. The number of nitrogens with two attached hydrogens (primary N) is 1. The Morgan fingerprint density at radius 2 is 1.50 bits per heavy atom. The fourth-order valence-electron chi connectivity index (χ4n) is 4.49. The molecule has 0 radical (unpaired) electrons. The van der Waals surface area contributed by atoms with Gasteiger partial charge in [0.2, 0.25) is 0 Å². The van der Waals surface area contributed by atoms with Crippen molar-refractivity contribution in [3.05, 3.63) is 0 Å². The fraction of sp³-hybridized carbons (Fsp3) is 1.00. The third-order valence-corrected chi connectivity index (χ3v) is 5.50. The molecule has 0 saturated heterocycles. The average Bonchev–Trinajstić information content (AvgIpc) is 2.28. The summed E-state index contributed by atoms with van der Waals surface area (Å²) < 4.78 is 0. The van der Waals surface area contributed by atoms with Gasteiger partial charge in [-0.05, 0) is 63.3 Å². The first-order chi connectivity index (χ1) is 8.49. The summed E-state index contributed by atoms with van der Waals surface area (Å²) in [6.45, 7) is 7.16. The van der Waals surface area contributed by atoms with Crippen LogP contribution in [0.2, 0.25) is 0 Å². The first-order valence-electron chi connectivity index (χ1n) is 7.96. The largest absolute Gasteiger partial charge is 0.326 e. The van der Waals surface area contributed by atoms with Crippen molar-refractivity contribution in [1.29, 1.82) is 0 Å². The van der Waals surface area contributed by atoms with Gasteiger partial charge in [0, 0.05) is 18.1 Å². The highest BCUT2D eigenvalue weighted by molar-refractivity contribution is 4.94. The molecule has 2 nitrogen and oxygen atoms in total. The molecule has 2 rings (SSSR count). The van der Waals surface area contributed by atoms with E-state index in [9.17, 15) is 0 Å². The molecule has 18 heavy (non-hydrogen) atoms. The number of nitrogens with zero attached hydrogens (tertiary/aromatic N) is 1. The average molecular weight is 252 g/mol. The molecule has 4 unspecified atom stereocenters. The van der Waals surface area contributed by atoms with Gasteiger partial charge in [0.05, 0.1) is 0 Å². The van der Waals surface area contributed by atoms with E-state index in [0.29, 0.717) is 12.1 Å². The Hall–Kier alpha value is -0.0800. The molecule has 0 aromatic carbocycles. The van der Waals surface area contributed by atoms with Gasteiger partial charge in [-0.15, -0.1) is 0 Å². The van der Waals surface area contributed by atoms with Crippen molar-refractivity contribution < 1.29 is 0 Å². The molecule has 0 aromatic rings. The summed E-state index contributed by atoms with van der Waals surface area (Å²) in [5.74, 6) is 2.51. The molecule has 0 aliphatic heterocycles. The van der Waals surface area contributed by atoms with Crippen LogP contribution in [0.3, 0.4) is 0 Å². The van der Waals surface area contributed by atoms with Crippen molar-refractivity contribution in [2.45, 2.75) is 77.4 Å². The number of likely N-dealkylation sites (N-methyl/N-ethyl adjacent to an activating group) is 1. The second-order valence-corrected chi connectivity index (χ2v) is 7.29. The zero-order valence-corrected chi connectivity index (χ0v) is 12.7. The van der Waals surface area contributed by atoms with Crippen LogP contribution in [-0.2, 0) is 0 Å². The minimum Gasteiger partial charge on any atom is -0.326 e. The molecule has 2 aliphatic rings. The fourth-order valence-corrected chi connectivity index (χ4v) is 4.49. The van der Waals surface area contributed by atoms with Gasteiger partial charge in [-0.25, -0.2) is 0 Å². The highest BCUT2D eigenvalue weighted by Crippen LogP contribution is 2.35. The summed E-state index contributed by atoms with van der Waals surface area (Å²) in [7, 11) is 2.33. The molecule has 2 aliphatic carbocycles. The summed E-state index contributed by atoms with van der Waals surface area (Å²) in [5, 5.41) is 0. The second kappa shape index (κ2) is 5.92. The predicted octanol–water partition coefficient (Wildman–Crippen LogP) is 3.26. The summed E-state index contributed by atoms with van der Waals surface area (Å²) in [6, 6.07) is 1.78. The Labute approximate surface area is 113 Å². The van der Waals surface area contributed by atoms with Crippen LogP contribution in [0.15, 0.2) is 0 Å². The zero-order valence-electron chi connectivity index (χ0n) is 12.7. The number of rotatable bonds is 2. The van der Waals surface area contributed by atoms with Crippen LogP contribution in [-0.4, -0.2) is 30.1 Å². The van der Waals surface area contributed by atoms with Crippen LogP contribution in [0.4, 0.5) is 0 Å². The van der Waals surface area contributed by atoms with Crippen molar-refractivity contribution in [2.75, 3.05) is 7.05 Å². The first kappa shape index (κ1) is 14.3. The van der Waals surface area contributed by atoms with Crippen molar-refractivity contribution >= 4 is 0 Å². The highest BCUT2D eigenvalue weighted by Gasteiger charge is 2.37. The van der Waals surface area contributed by atoms with E-state index in [-0.39, 0.29) is 0 Å². The zero-order chi connectivity index (χ0) is 13.3. The Kier molecular flexibility index (Phi) is 4.71. The van der Waals surface area contributed by atoms with Crippen molar-refractivity contribution in [1.82, 2.24) is 4.90 Å². The Morgan fingerprint density at radius 1 is 0.889 bits per heavy atom. The van der Waals surface area contributed by atoms with Crippen LogP contribution in [0.5, 0.6) is 0 Å². The van der Waals surface area contributed by atoms with Gasteiger partial charge in [-0.1, -0.05) is 20.8 Å². The van der Waals surface area contributed by atoms with Gasteiger partial charge in [0.15, 0.2) is 0 Å². The monoisotopic (exact) mass is 252 g/mol. The molecule has 4 atom stereocenters. The number of hydrogen-bond acceptors (Lipinski definition) is 2.